The highest BCUT2D eigenvalue weighted by molar-refractivity contribution is 6.06. The summed E-state index contributed by atoms with van der Waals surface area (Å²) in [5.74, 6) is -0.0308. The Balaban J connectivity index is 1.94. The smallest absolute Gasteiger partial charge is 0.251 e. The van der Waals surface area contributed by atoms with E-state index >= 15 is 0 Å². The number of carbonyl (C=O) groups is 1. The van der Waals surface area contributed by atoms with Gasteiger partial charge in [-0.3, -0.25) is 4.79 Å². The molecule has 0 aliphatic heterocycles. The molecule has 0 bridgehead atoms. The third kappa shape index (κ3) is 2.90. The first kappa shape index (κ1) is 12.6. The normalized spacial score (nSPS) is 10.7. The van der Waals surface area contributed by atoms with E-state index in [1.165, 1.54) is 0 Å². The average molecular weight is 246 g/mol. The van der Waals surface area contributed by atoms with Crippen LogP contribution >= 0.6 is 0 Å². The highest BCUT2D eigenvalue weighted by Gasteiger charge is 2.09. The molecule has 0 atom stereocenters. The maximum Gasteiger partial charge on any atom is 0.251 e. The Bertz CT molecular complexity index is 519. The van der Waals surface area contributed by atoms with Crippen molar-refractivity contribution in [2.45, 2.75) is 13.3 Å². The average Bonchev–Trinajstić information content (AvgIpc) is 2.86. The number of hydrogen-bond donors (Lipinski definition) is 2. The van der Waals surface area contributed by atoms with Crippen LogP contribution in [0, 0.1) is 0 Å². The number of fused-ring (bicyclic) bond motifs is 1. The van der Waals surface area contributed by atoms with E-state index in [1.54, 1.807) is 0 Å². The second-order valence-electron chi connectivity index (χ2n) is 4.05. The van der Waals surface area contributed by atoms with E-state index in [1.807, 2.05) is 37.4 Å². The van der Waals surface area contributed by atoms with Gasteiger partial charge in [0, 0.05) is 42.4 Å². The van der Waals surface area contributed by atoms with Gasteiger partial charge in [0.25, 0.3) is 5.91 Å². The Morgan fingerprint density at radius 1 is 1.39 bits per heavy atom. The Hall–Kier alpha value is -1.81. The van der Waals surface area contributed by atoms with Crippen LogP contribution in [-0.4, -0.2) is 30.6 Å². The Morgan fingerprint density at radius 3 is 3.11 bits per heavy atom. The van der Waals surface area contributed by atoms with Gasteiger partial charge in [0.2, 0.25) is 0 Å². The van der Waals surface area contributed by atoms with Crippen LogP contribution in [0.5, 0.6) is 0 Å². The van der Waals surface area contributed by atoms with E-state index in [4.69, 9.17) is 4.74 Å². The highest BCUT2D eigenvalue weighted by atomic mass is 16.5. The summed E-state index contributed by atoms with van der Waals surface area (Å²) >= 11 is 0. The van der Waals surface area contributed by atoms with Gasteiger partial charge in [0.1, 0.15) is 0 Å². The van der Waals surface area contributed by atoms with Gasteiger partial charge in [-0.05, 0) is 31.5 Å². The van der Waals surface area contributed by atoms with Gasteiger partial charge < -0.3 is 15.0 Å². The zero-order chi connectivity index (χ0) is 12.8. The molecule has 0 aliphatic rings. The number of aromatic amines is 1. The molecule has 4 nitrogen and oxygen atoms in total. The lowest BCUT2D eigenvalue weighted by Gasteiger charge is -2.06. The lowest BCUT2D eigenvalue weighted by atomic mass is 10.1. The van der Waals surface area contributed by atoms with E-state index in [-0.39, 0.29) is 5.91 Å². The van der Waals surface area contributed by atoms with Crippen molar-refractivity contribution >= 4 is 16.8 Å². The van der Waals surface area contributed by atoms with Gasteiger partial charge >= 0.3 is 0 Å². The van der Waals surface area contributed by atoms with Crippen molar-refractivity contribution in [3.05, 3.63) is 36.0 Å². The molecule has 0 fully saturated rings. The molecule has 2 aromatic rings. The molecule has 0 saturated carbocycles. The number of amides is 1. The maximum atomic E-state index is 12.0. The zero-order valence-electron chi connectivity index (χ0n) is 10.5. The molecule has 1 aromatic carbocycles. The van der Waals surface area contributed by atoms with Crippen molar-refractivity contribution < 1.29 is 9.53 Å². The van der Waals surface area contributed by atoms with E-state index in [2.05, 4.69) is 10.3 Å². The first-order valence-corrected chi connectivity index (χ1v) is 6.25. The SMILES string of the molecule is CCOCCCNC(=O)c1cccc2[nH]ccc12. The lowest BCUT2D eigenvalue weighted by Crippen LogP contribution is -2.25. The van der Waals surface area contributed by atoms with Crippen molar-refractivity contribution in [1.29, 1.82) is 0 Å². The molecule has 96 valence electrons. The van der Waals surface area contributed by atoms with Crippen LogP contribution in [0.2, 0.25) is 0 Å². The fourth-order valence-electron chi connectivity index (χ4n) is 1.90. The lowest BCUT2D eigenvalue weighted by molar-refractivity contribution is 0.0946. The Kier molecular flexibility index (Phi) is 4.36. The van der Waals surface area contributed by atoms with Crippen molar-refractivity contribution in [2.75, 3.05) is 19.8 Å². The van der Waals surface area contributed by atoms with Crippen molar-refractivity contribution in [2.24, 2.45) is 0 Å². The third-order valence-electron chi connectivity index (χ3n) is 2.79. The minimum atomic E-state index is -0.0308. The summed E-state index contributed by atoms with van der Waals surface area (Å²) in [4.78, 5) is 15.1. The fraction of sp³-hybridized carbons (Fsp3) is 0.357. The first-order valence-electron chi connectivity index (χ1n) is 6.25. The number of rotatable bonds is 6. The monoisotopic (exact) mass is 246 g/mol. The number of ether oxygens (including phenoxy) is 1. The standard InChI is InChI=1S/C14H18N2O2/c1-2-18-10-4-8-16-14(17)12-5-3-6-13-11(12)7-9-15-13/h3,5-7,9,15H,2,4,8,10H2,1H3,(H,16,17). The number of carbonyl (C=O) groups excluding carboxylic acids is 1. The predicted octanol–water partition coefficient (Wildman–Crippen LogP) is 2.32. The molecule has 2 N–H and O–H groups in total. The summed E-state index contributed by atoms with van der Waals surface area (Å²) in [7, 11) is 0. The largest absolute Gasteiger partial charge is 0.382 e. The number of H-pyrrole nitrogens is 1. The van der Waals surface area contributed by atoms with E-state index in [0.717, 1.165) is 23.9 Å². The molecule has 0 aliphatic carbocycles. The molecule has 0 unspecified atom stereocenters. The van der Waals surface area contributed by atoms with Crippen LogP contribution in [0.25, 0.3) is 10.9 Å². The molecular weight excluding hydrogens is 228 g/mol. The number of nitrogens with one attached hydrogen (secondary N) is 2. The maximum absolute atomic E-state index is 12.0. The van der Waals surface area contributed by atoms with Gasteiger partial charge in [0.15, 0.2) is 0 Å². The minimum absolute atomic E-state index is 0.0308. The molecule has 0 spiro atoms. The molecule has 18 heavy (non-hydrogen) atoms. The van der Waals surface area contributed by atoms with E-state index < -0.39 is 0 Å². The van der Waals surface area contributed by atoms with Crippen LogP contribution in [0.15, 0.2) is 30.5 Å². The fourth-order valence-corrected chi connectivity index (χ4v) is 1.90. The summed E-state index contributed by atoms with van der Waals surface area (Å²) in [5.41, 5.74) is 1.70. The second kappa shape index (κ2) is 6.21. The van der Waals surface area contributed by atoms with Crippen LogP contribution in [0.1, 0.15) is 23.7 Å². The molecule has 2 rings (SSSR count). The predicted molar refractivity (Wildman–Crippen MR) is 71.7 cm³/mol. The quantitative estimate of drug-likeness (QED) is 0.768. The Labute approximate surface area is 106 Å². The van der Waals surface area contributed by atoms with E-state index in [9.17, 15) is 4.79 Å². The van der Waals surface area contributed by atoms with Gasteiger partial charge in [0.05, 0.1) is 0 Å². The van der Waals surface area contributed by atoms with Gasteiger partial charge in [-0.15, -0.1) is 0 Å². The summed E-state index contributed by atoms with van der Waals surface area (Å²) in [6.07, 6.45) is 2.68. The van der Waals surface area contributed by atoms with Gasteiger partial charge in [-0.2, -0.15) is 0 Å². The highest BCUT2D eigenvalue weighted by Crippen LogP contribution is 2.16. The molecule has 1 aromatic heterocycles. The van der Waals surface area contributed by atoms with Crippen molar-refractivity contribution in [1.82, 2.24) is 10.3 Å². The van der Waals surface area contributed by atoms with Crippen molar-refractivity contribution in [3.8, 4) is 0 Å². The number of hydrogen-bond acceptors (Lipinski definition) is 2. The third-order valence-corrected chi connectivity index (χ3v) is 2.79. The minimum Gasteiger partial charge on any atom is -0.382 e. The van der Waals surface area contributed by atoms with Crippen molar-refractivity contribution in [3.63, 3.8) is 0 Å². The second-order valence-corrected chi connectivity index (χ2v) is 4.05. The summed E-state index contributed by atoms with van der Waals surface area (Å²) < 4.78 is 5.22. The van der Waals surface area contributed by atoms with Crippen LogP contribution in [-0.2, 0) is 4.74 Å². The topological polar surface area (TPSA) is 54.1 Å². The van der Waals surface area contributed by atoms with E-state index in [0.29, 0.717) is 18.7 Å². The molecule has 0 radical (unpaired) electrons. The molecule has 4 heteroatoms. The van der Waals surface area contributed by atoms with Gasteiger partial charge in [-0.1, -0.05) is 6.07 Å². The van der Waals surface area contributed by atoms with Crippen LogP contribution in [0.4, 0.5) is 0 Å². The molecular formula is C14H18N2O2. The molecule has 1 heterocycles. The molecule has 0 saturated heterocycles. The summed E-state index contributed by atoms with van der Waals surface area (Å²) in [5, 5.41) is 3.87. The Morgan fingerprint density at radius 2 is 2.28 bits per heavy atom. The van der Waals surface area contributed by atoms with Crippen LogP contribution in [0.3, 0.4) is 0 Å². The van der Waals surface area contributed by atoms with Gasteiger partial charge in [-0.25, -0.2) is 0 Å². The van der Waals surface area contributed by atoms with Crippen LogP contribution < -0.4 is 5.32 Å². The molecule has 1 amide bonds. The summed E-state index contributed by atoms with van der Waals surface area (Å²) in [6, 6.07) is 7.60. The number of benzene rings is 1. The summed E-state index contributed by atoms with van der Waals surface area (Å²) in [6.45, 7) is 4.01. The first-order chi connectivity index (χ1) is 8.83. The zero-order valence-corrected chi connectivity index (χ0v) is 10.5. The number of aromatic nitrogens is 1.